The van der Waals surface area contributed by atoms with E-state index in [1.165, 1.54) is 5.56 Å². The monoisotopic (exact) mass is 465 g/mol. The lowest BCUT2D eigenvalue weighted by molar-refractivity contribution is 0.112. The first-order chi connectivity index (χ1) is 17.2. The van der Waals surface area contributed by atoms with Crippen molar-refractivity contribution >= 4 is 6.08 Å². The lowest BCUT2D eigenvalue weighted by Gasteiger charge is -2.38. The summed E-state index contributed by atoms with van der Waals surface area (Å²) < 4.78 is 1.90. The number of aryl methyl sites for hydroxylation is 2. The van der Waals surface area contributed by atoms with Crippen LogP contribution >= 0.6 is 0 Å². The van der Waals surface area contributed by atoms with E-state index in [2.05, 4.69) is 99.9 Å². The van der Waals surface area contributed by atoms with Crippen LogP contribution in [0.3, 0.4) is 0 Å². The van der Waals surface area contributed by atoms with Crippen LogP contribution in [0.1, 0.15) is 34.3 Å². The summed E-state index contributed by atoms with van der Waals surface area (Å²) in [7, 11) is 0. The number of pyridine rings is 1. The van der Waals surface area contributed by atoms with E-state index in [0.29, 0.717) is 0 Å². The van der Waals surface area contributed by atoms with Gasteiger partial charge in [-0.1, -0.05) is 66.7 Å². The SMILES string of the molecule is Cc1cccc(C)c1-n1nnnc1[C@@H](c1ccccn1)N1CCN(CC=Cc2ccccc2)CC1. The maximum absolute atomic E-state index is 4.72. The van der Waals surface area contributed by atoms with Gasteiger partial charge >= 0.3 is 0 Å². The molecule has 178 valence electrons. The van der Waals surface area contributed by atoms with Gasteiger partial charge in [-0.15, -0.1) is 5.10 Å². The van der Waals surface area contributed by atoms with Crippen molar-refractivity contribution in [2.75, 3.05) is 32.7 Å². The first-order valence-corrected chi connectivity index (χ1v) is 12.1. The number of hydrogen-bond acceptors (Lipinski definition) is 6. The fourth-order valence-corrected chi connectivity index (χ4v) is 4.79. The van der Waals surface area contributed by atoms with E-state index in [0.717, 1.165) is 61.1 Å². The van der Waals surface area contributed by atoms with Crippen molar-refractivity contribution in [3.8, 4) is 5.69 Å². The quantitative estimate of drug-likeness (QED) is 0.410. The van der Waals surface area contributed by atoms with E-state index in [-0.39, 0.29) is 6.04 Å². The molecule has 1 fully saturated rings. The lowest BCUT2D eigenvalue weighted by atomic mass is 10.1. The maximum Gasteiger partial charge on any atom is 0.179 e. The van der Waals surface area contributed by atoms with Gasteiger partial charge in [0.1, 0.15) is 6.04 Å². The summed E-state index contributed by atoms with van der Waals surface area (Å²) in [6.45, 7) is 8.94. The highest BCUT2D eigenvalue weighted by Crippen LogP contribution is 2.29. The molecule has 1 saturated heterocycles. The third kappa shape index (κ3) is 5.21. The normalized spacial score (nSPS) is 16.1. The van der Waals surface area contributed by atoms with Gasteiger partial charge in [-0.25, -0.2) is 0 Å². The molecule has 4 aromatic rings. The maximum atomic E-state index is 4.72. The number of hydrogen-bond donors (Lipinski definition) is 0. The molecule has 0 radical (unpaired) electrons. The number of para-hydroxylation sites is 1. The Balaban J connectivity index is 1.37. The van der Waals surface area contributed by atoms with E-state index >= 15 is 0 Å². The van der Waals surface area contributed by atoms with E-state index in [9.17, 15) is 0 Å². The van der Waals surface area contributed by atoms with Crippen LogP contribution < -0.4 is 0 Å². The number of aromatic nitrogens is 5. The molecule has 2 aromatic carbocycles. The summed E-state index contributed by atoms with van der Waals surface area (Å²) >= 11 is 0. The summed E-state index contributed by atoms with van der Waals surface area (Å²) in [5, 5.41) is 13.0. The molecule has 0 N–H and O–H groups in total. The van der Waals surface area contributed by atoms with Crippen molar-refractivity contribution < 1.29 is 0 Å². The van der Waals surface area contributed by atoms with Crippen LogP contribution in [-0.2, 0) is 0 Å². The van der Waals surface area contributed by atoms with Gasteiger partial charge < -0.3 is 0 Å². The Bertz CT molecular complexity index is 1240. The first-order valence-electron chi connectivity index (χ1n) is 12.1. The molecule has 7 heteroatoms. The lowest BCUT2D eigenvalue weighted by Crippen LogP contribution is -2.48. The van der Waals surface area contributed by atoms with Crippen molar-refractivity contribution in [1.82, 2.24) is 35.0 Å². The molecule has 0 unspecified atom stereocenters. The van der Waals surface area contributed by atoms with Crippen LogP contribution in [0.4, 0.5) is 0 Å². The number of nitrogens with zero attached hydrogens (tertiary/aromatic N) is 7. The summed E-state index contributed by atoms with van der Waals surface area (Å²) in [6.07, 6.45) is 6.30. The molecule has 0 bridgehead atoms. The van der Waals surface area contributed by atoms with Gasteiger partial charge in [0.25, 0.3) is 0 Å². The van der Waals surface area contributed by atoms with Crippen LogP contribution in [0.2, 0.25) is 0 Å². The van der Waals surface area contributed by atoms with Crippen LogP contribution in [0.15, 0.2) is 79.0 Å². The van der Waals surface area contributed by atoms with Crippen LogP contribution in [-0.4, -0.2) is 67.7 Å². The van der Waals surface area contributed by atoms with Crippen LogP contribution in [0.5, 0.6) is 0 Å². The molecule has 3 heterocycles. The van der Waals surface area contributed by atoms with Crippen molar-refractivity contribution in [3.05, 3.63) is 107 Å². The molecular weight excluding hydrogens is 434 g/mol. The van der Waals surface area contributed by atoms with Gasteiger partial charge in [-0.05, 0) is 53.1 Å². The Hall–Kier alpha value is -3.68. The Kier molecular flexibility index (Phi) is 7.07. The molecule has 2 aromatic heterocycles. The summed E-state index contributed by atoms with van der Waals surface area (Å²) in [5.74, 6) is 0.804. The largest absolute Gasteiger partial charge is 0.297 e. The predicted molar refractivity (Wildman–Crippen MR) is 138 cm³/mol. The highest BCUT2D eigenvalue weighted by atomic mass is 15.6. The van der Waals surface area contributed by atoms with E-state index in [4.69, 9.17) is 4.98 Å². The molecule has 1 aliphatic heterocycles. The molecule has 0 amide bonds. The Morgan fingerprint density at radius 1 is 0.857 bits per heavy atom. The predicted octanol–water partition coefficient (Wildman–Crippen LogP) is 4.09. The molecule has 0 spiro atoms. The number of rotatable bonds is 7. The van der Waals surface area contributed by atoms with Crippen LogP contribution in [0, 0.1) is 13.8 Å². The molecule has 1 aliphatic rings. The topological polar surface area (TPSA) is 63.0 Å². The smallest absolute Gasteiger partial charge is 0.179 e. The third-order valence-corrected chi connectivity index (χ3v) is 6.60. The molecular formula is C28H31N7. The second-order valence-electron chi connectivity index (χ2n) is 9.00. The van der Waals surface area contributed by atoms with E-state index in [1.807, 2.05) is 29.1 Å². The van der Waals surface area contributed by atoms with Gasteiger partial charge in [-0.3, -0.25) is 14.8 Å². The summed E-state index contributed by atoms with van der Waals surface area (Å²) in [5.41, 5.74) is 5.53. The standard InChI is InChI=1S/C28H31N7/c1-22-10-8-11-23(2)26(22)35-28(30-31-32-35)27(25-15-6-7-16-29-25)34-20-18-33(19-21-34)17-9-14-24-12-4-3-5-13-24/h3-16,27H,17-21H2,1-2H3/t27-/m1/s1. The molecule has 7 nitrogen and oxygen atoms in total. The Morgan fingerprint density at radius 2 is 1.60 bits per heavy atom. The minimum atomic E-state index is -0.118. The molecule has 0 aliphatic carbocycles. The number of tetrazole rings is 1. The zero-order valence-corrected chi connectivity index (χ0v) is 20.3. The second-order valence-corrected chi connectivity index (χ2v) is 9.00. The summed E-state index contributed by atoms with van der Waals surface area (Å²) in [6, 6.07) is 22.7. The van der Waals surface area contributed by atoms with Gasteiger partial charge in [0, 0.05) is 38.9 Å². The Labute approximate surface area is 206 Å². The molecule has 0 saturated carbocycles. The minimum Gasteiger partial charge on any atom is -0.297 e. The third-order valence-electron chi connectivity index (χ3n) is 6.60. The number of piperazine rings is 1. The van der Waals surface area contributed by atoms with Crippen molar-refractivity contribution in [2.45, 2.75) is 19.9 Å². The molecule has 1 atom stereocenters. The van der Waals surface area contributed by atoms with Crippen molar-refractivity contribution in [1.29, 1.82) is 0 Å². The Morgan fingerprint density at radius 3 is 2.31 bits per heavy atom. The minimum absolute atomic E-state index is 0.118. The second kappa shape index (κ2) is 10.7. The average molecular weight is 466 g/mol. The molecule has 35 heavy (non-hydrogen) atoms. The van der Waals surface area contributed by atoms with Crippen molar-refractivity contribution in [2.24, 2.45) is 0 Å². The highest BCUT2D eigenvalue weighted by Gasteiger charge is 2.32. The zero-order chi connectivity index (χ0) is 24.0. The van der Waals surface area contributed by atoms with Crippen molar-refractivity contribution in [3.63, 3.8) is 0 Å². The highest BCUT2D eigenvalue weighted by molar-refractivity contribution is 5.49. The van der Waals surface area contributed by atoms with Gasteiger partial charge in [0.15, 0.2) is 5.82 Å². The van der Waals surface area contributed by atoms with Crippen LogP contribution in [0.25, 0.3) is 11.8 Å². The van der Waals surface area contributed by atoms with E-state index in [1.54, 1.807) is 0 Å². The summed E-state index contributed by atoms with van der Waals surface area (Å²) in [4.78, 5) is 9.66. The molecule has 5 rings (SSSR count). The number of benzene rings is 2. The van der Waals surface area contributed by atoms with Gasteiger partial charge in [0.2, 0.25) is 0 Å². The zero-order valence-electron chi connectivity index (χ0n) is 20.3. The average Bonchev–Trinajstić information content (AvgIpc) is 3.35. The van der Waals surface area contributed by atoms with E-state index < -0.39 is 0 Å². The first kappa shape index (κ1) is 23.1. The van der Waals surface area contributed by atoms with Gasteiger partial charge in [0.05, 0.1) is 11.4 Å². The fraction of sp³-hybridized carbons (Fsp3) is 0.286. The fourth-order valence-electron chi connectivity index (χ4n) is 4.79. The van der Waals surface area contributed by atoms with Gasteiger partial charge in [-0.2, -0.15) is 4.68 Å².